The Labute approximate surface area is 126 Å². The Kier molecular flexibility index (Phi) is 5.51. The summed E-state index contributed by atoms with van der Waals surface area (Å²) in [6.45, 7) is 18.3. The van der Waals surface area contributed by atoms with E-state index in [1.54, 1.807) is 0 Å². The van der Waals surface area contributed by atoms with Gasteiger partial charge >= 0.3 is 0 Å². The largest absolute Gasteiger partial charge is 0.417 e. The minimum absolute atomic E-state index is 0.0715. The molecule has 4 atom stereocenters. The molecule has 0 aromatic heterocycles. The van der Waals surface area contributed by atoms with E-state index in [0.29, 0.717) is 0 Å². The molecule has 1 aliphatic rings. The van der Waals surface area contributed by atoms with Gasteiger partial charge in [-0.25, -0.2) is 0 Å². The fourth-order valence-corrected chi connectivity index (χ4v) is 3.87. The maximum absolute atomic E-state index is 10.2. The molecule has 20 heavy (non-hydrogen) atoms. The number of rotatable bonds is 5. The van der Waals surface area contributed by atoms with Crippen molar-refractivity contribution in [2.45, 2.75) is 90.3 Å². The summed E-state index contributed by atoms with van der Waals surface area (Å²) < 4.78 is 12.4. The van der Waals surface area contributed by atoms with Gasteiger partial charge in [0.05, 0.1) is 17.8 Å². The van der Waals surface area contributed by atoms with Crippen molar-refractivity contribution in [3.05, 3.63) is 0 Å². The van der Waals surface area contributed by atoms with E-state index in [0.717, 1.165) is 19.4 Å². The van der Waals surface area contributed by atoms with Crippen molar-refractivity contribution in [1.29, 1.82) is 0 Å². The monoisotopic (exact) mass is 302 g/mol. The Bertz CT molecular complexity index is 324. The van der Waals surface area contributed by atoms with E-state index in [1.807, 2.05) is 6.92 Å². The van der Waals surface area contributed by atoms with Crippen LogP contribution in [-0.4, -0.2) is 37.8 Å². The number of aliphatic hydroxyl groups is 1. The summed E-state index contributed by atoms with van der Waals surface area (Å²) in [7, 11) is -1.70. The Hall–Kier alpha value is 0.0969. The normalized spacial score (nSPS) is 35.5. The molecule has 0 amide bonds. The van der Waals surface area contributed by atoms with Crippen molar-refractivity contribution in [2.24, 2.45) is 5.92 Å². The van der Waals surface area contributed by atoms with Gasteiger partial charge in [0.1, 0.15) is 0 Å². The third-order valence-corrected chi connectivity index (χ3v) is 10.2. The zero-order valence-corrected chi connectivity index (χ0v) is 15.6. The molecule has 1 rings (SSSR count). The lowest BCUT2D eigenvalue weighted by Crippen LogP contribution is -2.43. The molecule has 0 unspecified atom stereocenters. The fourth-order valence-electron chi connectivity index (χ4n) is 2.83. The molecule has 0 aliphatic carbocycles. The number of hydrogen-bond acceptors (Lipinski definition) is 3. The van der Waals surface area contributed by atoms with Crippen molar-refractivity contribution < 1.29 is 14.3 Å². The molecule has 1 saturated heterocycles. The first-order chi connectivity index (χ1) is 8.97. The molecule has 1 heterocycles. The van der Waals surface area contributed by atoms with Gasteiger partial charge in [0, 0.05) is 12.5 Å². The topological polar surface area (TPSA) is 38.7 Å². The van der Waals surface area contributed by atoms with Crippen LogP contribution in [0.15, 0.2) is 0 Å². The van der Waals surface area contributed by atoms with Crippen molar-refractivity contribution in [1.82, 2.24) is 0 Å². The van der Waals surface area contributed by atoms with E-state index in [1.165, 1.54) is 0 Å². The van der Waals surface area contributed by atoms with E-state index in [-0.39, 0.29) is 28.8 Å². The smallest absolute Gasteiger partial charge is 0.191 e. The van der Waals surface area contributed by atoms with Crippen LogP contribution in [-0.2, 0) is 9.16 Å². The van der Waals surface area contributed by atoms with Gasteiger partial charge in [-0.2, -0.15) is 0 Å². The molecule has 0 radical (unpaired) electrons. The lowest BCUT2D eigenvalue weighted by atomic mass is 9.82. The van der Waals surface area contributed by atoms with Gasteiger partial charge in [-0.1, -0.05) is 34.6 Å². The summed E-state index contributed by atoms with van der Waals surface area (Å²) in [6, 6.07) is 0. The minimum atomic E-state index is -1.70. The van der Waals surface area contributed by atoms with E-state index in [2.05, 4.69) is 47.7 Å². The lowest BCUT2D eigenvalue weighted by molar-refractivity contribution is -0.0673. The van der Waals surface area contributed by atoms with Gasteiger partial charge < -0.3 is 14.3 Å². The SMILES string of the molecule is CC[C@]1(CCO[Si](C)(C)C(C)(C)C)O[C@@H](C)[C@H](O)[C@H]1C. The molecule has 1 N–H and O–H groups in total. The maximum atomic E-state index is 10.2. The highest BCUT2D eigenvalue weighted by Crippen LogP contribution is 2.42. The van der Waals surface area contributed by atoms with Crippen LogP contribution in [0.1, 0.15) is 54.4 Å². The van der Waals surface area contributed by atoms with Crippen LogP contribution in [0.5, 0.6) is 0 Å². The predicted octanol–water partition coefficient (Wildman–Crippen LogP) is 3.96. The highest BCUT2D eigenvalue weighted by molar-refractivity contribution is 6.74. The summed E-state index contributed by atoms with van der Waals surface area (Å²) in [5.41, 5.74) is -0.221. The molecule has 0 aromatic carbocycles. The Morgan fingerprint density at radius 2 is 1.80 bits per heavy atom. The minimum Gasteiger partial charge on any atom is -0.417 e. The molecule has 1 aliphatic heterocycles. The second-order valence-electron chi connectivity index (χ2n) is 7.88. The number of hydrogen-bond donors (Lipinski definition) is 1. The lowest BCUT2D eigenvalue weighted by Gasteiger charge is -2.38. The highest BCUT2D eigenvalue weighted by atomic mass is 28.4. The summed E-state index contributed by atoms with van der Waals surface area (Å²) in [6.07, 6.45) is 1.37. The summed E-state index contributed by atoms with van der Waals surface area (Å²) in [5, 5.41) is 10.4. The first kappa shape index (κ1) is 18.1. The molecular formula is C16H34O3Si. The maximum Gasteiger partial charge on any atom is 0.191 e. The van der Waals surface area contributed by atoms with Gasteiger partial charge in [-0.05, 0) is 37.9 Å². The zero-order chi connectivity index (χ0) is 15.8. The van der Waals surface area contributed by atoms with Crippen LogP contribution in [0.2, 0.25) is 18.1 Å². The molecule has 0 bridgehead atoms. The summed E-state index contributed by atoms with van der Waals surface area (Å²) in [5.74, 6) is 0.172. The van der Waals surface area contributed by atoms with Crippen molar-refractivity contribution in [3.8, 4) is 0 Å². The Morgan fingerprint density at radius 3 is 2.15 bits per heavy atom. The molecule has 0 spiro atoms. The van der Waals surface area contributed by atoms with E-state index < -0.39 is 8.32 Å². The zero-order valence-electron chi connectivity index (χ0n) is 14.6. The van der Waals surface area contributed by atoms with Gasteiger partial charge in [0.2, 0.25) is 0 Å². The van der Waals surface area contributed by atoms with Crippen molar-refractivity contribution in [2.75, 3.05) is 6.61 Å². The van der Waals surface area contributed by atoms with Crippen molar-refractivity contribution >= 4 is 8.32 Å². The number of ether oxygens (including phenoxy) is 1. The van der Waals surface area contributed by atoms with Crippen molar-refractivity contribution in [3.63, 3.8) is 0 Å². The molecule has 0 aromatic rings. The van der Waals surface area contributed by atoms with Gasteiger partial charge in [-0.3, -0.25) is 0 Å². The molecule has 4 heteroatoms. The van der Waals surface area contributed by atoms with Gasteiger partial charge in [0.15, 0.2) is 8.32 Å². The first-order valence-electron chi connectivity index (χ1n) is 7.97. The average Bonchev–Trinajstić information content (AvgIpc) is 2.53. The molecule has 1 fully saturated rings. The summed E-state index contributed by atoms with van der Waals surface area (Å²) >= 11 is 0. The molecule has 120 valence electrons. The van der Waals surface area contributed by atoms with Gasteiger partial charge in [-0.15, -0.1) is 0 Å². The molecule has 3 nitrogen and oxygen atoms in total. The fraction of sp³-hybridized carbons (Fsp3) is 1.00. The standard InChI is InChI=1S/C16H34O3Si/c1-9-16(12(2)14(17)13(3)19-16)10-11-18-20(7,8)15(4,5)6/h12-14,17H,9-11H2,1-8H3/t12-,13+,14-,16-/m1/s1. The van der Waals surface area contributed by atoms with Gasteiger partial charge in [0.25, 0.3) is 0 Å². The molecular weight excluding hydrogens is 268 g/mol. The van der Waals surface area contributed by atoms with E-state index in [9.17, 15) is 5.11 Å². The van der Waals surface area contributed by atoms with Crippen LogP contribution in [0.25, 0.3) is 0 Å². The van der Waals surface area contributed by atoms with E-state index in [4.69, 9.17) is 9.16 Å². The van der Waals surface area contributed by atoms with Crippen LogP contribution in [0.3, 0.4) is 0 Å². The second kappa shape index (κ2) is 6.07. The summed E-state index contributed by atoms with van der Waals surface area (Å²) in [4.78, 5) is 0. The quantitative estimate of drug-likeness (QED) is 0.781. The number of aliphatic hydroxyl groups excluding tert-OH is 1. The first-order valence-corrected chi connectivity index (χ1v) is 10.9. The van der Waals surface area contributed by atoms with Crippen LogP contribution >= 0.6 is 0 Å². The second-order valence-corrected chi connectivity index (χ2v) is 12.7. The third kappa shape index (κ3) is 3.46. The van der Waals surface area contributed by atoms with E-state index >= 15 is 0 Å². The van der Waals surface area contributed by atoms with Crippen LogP contribution in [0.4, 0.5) is 0 Å². The average molecular weight is 303 g/mol. The third-order valence-electron chi connectivity index (χ3n) is 5.64. The molecule has 0 saturated carbocycles. The van der Waals surface area contributed by atoms with Crippen LogP contribution in [0, 0.1) is 5.92 Å². The Morgan fingerprint density at radius 1 is 1.25 bits per heavy atom. The van der Waals surface area contributed by atoms with Crippen LogP contribution < -0.4 is 0 Å². The predicted molar refractivity (Wildman–Crippen MR) is 86.5 cm³/mol. The Balaban J connectivity index is 2.64. The highest BCUT2D eigenvalue weighted by Gasteiger charge is 2.49.